The molecule has 2 aromatic rings. The van der Waals surface area contributed by atoms with Gasteiger partial charge in [0.15, 0.2) is 0 Å². The maximum Gasteiger partial charge on any atom is 0.411 e. The van der Waals surface area contributed by atoms with Crippen molar-refractivity contribution >= 4 is 30.0 Å². The summed E-state index contributed by atoms with van der Waals surface area (Å²) in [5.41, 5.74) is -2.65. The first-order valence-corrected chi connectivity index (χ1v) is 13.2. The Hall–Kier alpha value is -4.87. The Morgan fingerprint density at radius 3 is 2.26 bits per heavy atom. The Labute approximate surface area is 244 Å². The number of esters is 1. The highest BCUT2D eigenvalue weighted by Gasteiger charge is 2.60. The summed E-state index contributed by atoms with van der Waals surface area (Å²) >= 11 is 0. The van der Waals surface area contributed by atoms with Gasteiger partial charge in [0.05, 0.1) is 13.7 Å². The molecule has 0 spiro atoms. The van der Waals surface area contributed by atoms with Gasteiger partial charge in [-0.25, -0.2) is 14.4 Å². The predicted molar refractivity (Wildman–Crippen MR) is 150 cm³/mol. The molecule has 12 heteroatoms. The van der Waals surface area contributed by atoms with Crippen LogP contribution in [-0.2, 0) is 30.4 Å². The number of piperazine rings is 1. The first-order valence-electron chi connectivity index (χ1n) is 13.2. The van der Waals surface area contributed by atoms with E-state index in [1.807, 2.05) is 0 Å². The minimum Gasteiger partial charge on any atom is -0.497 e. The molecule has 3 rings (SSSR count). The first-order chi connectivity index (χ1) is 19.9. The highest BCUT2D eigenvalue weighted by Crippen LogP contribution is 2.29. The van der Waals surface area contributed by atoms with Crippen LogP contribution in [-0.4, -0.2) is 84.3 Å². The first kappa shape index (κ1) is 31.7. The number of nitrogens with zero attached hydrogens (tertiary/aromatic N) is 2. The van der Waals surface area contributed by atoms with Crippen LogP contribution in [0.5, 0.6) is 5.75 Å². The van der Waals surface area contributed by atoms with Crippen molar-refractivity contribution in [3.63, 3.8) is 0 Å². The van der Waals surface area contributed by atoms with Gasteiger partial charge in [0, 0.05) is 18.7 Å². The fourth-order valence-electron chi connectivity index (χ4n) is 4.15. The molecule has 224 valence electrons. The molecule has 1 N–H and O–H groups in total. The lowest BCUT2D eigenvalue weighted by Gasteiger charge is -2.46. The summed E-state index contributed by atoms with van der Waals surface area (Å²) in [6.07, 6.45) is -0.703. The molecule has 0 saturated carbocycles. The van der Waals surface area contributed by atoms with Crippen LogP contribution in [0.2, 0.25) is 0 Å². The van der Waals surface area contributed by atoms with Crippen molar-refractivity contribution in [3.05, 3.63) is 78.4 Å². The zero-order chi connectivity index (χ0) is 30.9. The van der Waals surface area contributed by atoms with E-state index in [9.17, 15) is 24.0 Å². The third-order valence-electron chi connectivity index (χ3n) is 6.17. The van der Waals surface area contributed by atoms with Gasteiger partial charge in [-0.1, -0.05) is 43.0 Å². The van der Waals surface area contributed by atoms with Crippen molar-refractivity contribution in [1.29, 1.82) is 0 Å². The van der Waals surface area contributed by atoms with Gasteiger partial charge in [-0.3, -0.25) is 19.4 Å². The largest absolute Gasteiger partial charge is 0.497 e. The lowest BCUT2D eigenvalue weighted by atomic mass is 9.91. The molecule has 1 aliphatic heterocycles. The van der Waals surface area contributed by atoms with Gasteiger partial charge in [-0.05, 0) is 50.6 Å². The van der Waals surface area contributed by atoms with Crippen LogP contribution < -0.4 is 10.1 Å². The number of benzene rings is 2. The number of alkyl carbamates (subject to hydrolysis) is 1. The van der Waals surface area contributed by atoms with Crippen molar-refractivity contribution in [2.75, 3.05) is 33.4 Å². The van der Waals surface area contributed by atoms with Gasteiger partial charge in [0.1, 0.15) is 24.6 Å². The third-order valence-corrected chi connectivity index (χ3v) is 6.17. The number of imide groups is 1. The second-order valence-corrected chi connectivity index (χ2v) is 10.3. The van der Waals surface area contributed by atoms with Crippen LogP contribution in [0, 0.1) is 0 Å². The SMILES string of the molecule is C=CCOC(=O)C1(CNC(=O)OCc2ccccc2)C(=O)N(C(=O)c2ccc(OC)cc2)CCN1C(=O)OC(C)(C)C. The van der Waals surface area contributed by atoms with Gasteiger partial charge in [0.25, 0.3) is 11.8 Å². The van der Waals surface area contributed by atoms with E-state index in [2.05, 4.69) is 11.9 Å². The Kier molecular flexibility index (Phi) is 10.3. The van der Waals surface area contributed by atoms with Gasteiger partial charge in [-0.2, -0.15) is 0 Å². The number of methoxy groups -OCH3 is 1. The summed E-state index contributed by atoms with van der Waals surface area (Å²) in [5.74, 6) is -2.50. The number of amides is 4. The molecule has 1 fully saturated rings. The Bertz CT molecular complexity index is 1310. The van der Waals surface area contributed by atoms with E-state index in [0.29, 0.717) is 11.3 Å². The molecule has 0 aromatic heterocycles. The molecule has 0 aliphatic carbocycles. The summed E-state index contributed by atoms with van der Waals surface area (Å²) in [7, 11) is 1.47. The maximum atomic E-state index is 14.2. The van der Waals surface area contributed by atoms with E-state index in [0.717, 1.165) is 9.80 Å². The second kappa shape index (κ2) is 13.7. The molecule has 1 saturated heterocycles. The average Bonchev–Trinajstić information content (AvgIpc) is 2.97. The Morgan fingerprint density at radius 1 is 1.00 bits per heavy atom. The molecule has 1 atom stereocenters. The normalized spacial score (nSPS) is 16.7. The molecular formula is C30H35N3O9. The molecule has 2 aromatic carbocycles. The number of hydrogen-bond donors (Lipinski definition) is 1. The summed E-state index contributed by atoms with van der Waals surface area (Å²) in [5, 5.41) is 2.40. The standard InChI is InChI=1S/C30H35N3O9/c1-6-18-40-26(36)30(20-31-27(37)41-19-21-10-8-7-9-11-21)25(35)32(16-17-33(30)28(38)42-29(2,3)4)24(34)22-12-14-23(39-5)15-13-22/h6-15H,1,16-20H2,2-5H3,(H,31,37). The molecular weight excluding hydrogens is 546 g/mol. The van der Waals surface area contributed by atoms with Crippen LogP contribution in [0.4, 0.5) is 9.59 Å². The predicted octanol–water partition coefficient (Wildman–Crippen LogP) is 3.31. The molecule has 12 nitrogen and oxygen atoms in total. The number of rotatable bonds is 9. The monoisotopic (exact) mass is 581 g/mol. The quantitative estimate of drug-likeness (QED) is 0.155. The minimum absolute atomic E-state index is 0.0909. The van der Waals surface area contributed by atoms with Crippen LogP contribution in [0.15, 0.2) is 67.3 Å². The molecule has 4 amide bonds. The fourth-order valence-corrected chi connectivity index (χ4v) is 4.15. The molecule has 1 heterocycles. The van der Waals surface area contributed by atoms with Gasteiger partial charge in [-0.15, -0.1) is 0 Å². The summed E-state index contributed by atoms with van der Waals surface area (Å²) < 4.78 is 21.1. The Balaban J connectivity index is 1.99. The molecule has 1 unspecified atom stereocenters. The van der Waals surface area contributed by atoms with Crippen LogP contribution >= 0.6 is 0 Å². The van der Waals surface area contributed by atoms with Crippen LogP contribution in [0.3, 0.4) is 0 Å². The number of ether oxygens (including phenoxy) is 4. The van der Waals surface area contributed by atoms with E-state index >= 15 is 0 Å². The van der Waals surface area contributed by atoms with Gasteiger partial charge < -0.3 is 24.3 Å². The topological polar surface area (TPSA) is 141 Å². The van der Waals surface area contributed by atoms with Gasteiger partial charge >= 0.3 is 18.2 Å². The lowest BCUT2D eigenvalue weighted by Crippen LogP contribution is -2.75. The number of carbonyl (C=O) groups excluding carboxylic acids is 5. The van der Waals surface area contributed by atoms with Crippen LogP contribution in [0.25, 0.3) is 0 Å². The van der Waals surface area contributed by atoms with Crippen molar-refractivity contribution in [2.24, 2.45) is 0 Å². The fraction of sp³-hybridized carbons (Fsp3) is 0.367. The van der Waals surface area contributed by atoms with Crippen molar-refractivity contribution in [1.82, 2.24) is 15.1 Å². The van der Waals surface area contributed by atoms with E-state index in [1.54, 1.807) is 63.2 Å². The molecule has 1 aliphatic rings. The number of hydrogen-bond acceptors (Lipinski definition) is 9. The summed E-state index contributed by atoms with van der Waals surface area (Å²) in [6, 6.07) is 14.9. The highest BCUT2D eigenvalue weighted by atomic mass is 16.6. The van der Waals surface area contributed by atoms with E-state index in [-0.39, 0.29) is 31.9 Å². The van der Waals surface area contributed by atoms with Crippen molar-refractivity contribution in [3.8, 4) is 5.75 Å². The summed E-state index contributed by atoms with van der Waals surface area (Å²) in [4.78, 5) is 69.1. The van der Waals surface area contributed by atoms with E-state index in [4.69, 9.17) is 18.9 Å². The number of carbonyl (C=O) groups is 5. The average molecular weight is 582 g/mol. The lowest BCUT2D eigenvalue weighted by molar-refractivity contribution is -0.169. The highest BCUT2D eigenvalue weighted by molar-refractivity contribution is 6.17. The van der Waals surface area contributed by atoms with E-state index in [1.165, 1.54) is 25.3 Å². The van der Waals surface area contributed by atoms with Crippen molar-refractivity contribution < 1.29 is 42.9 Å². The summed E-state index contributed by atoms with van der Waals surface area (Å²) in [6.45, 7) is 6.67. The number of nitrogens with one attached hydrogen (secondary N) is 1. The van der Waals surface area contributed by atoms with Crippen molar-refractivity contribution in [2.45, 2.75) is 38.5 Å². The smallest absolute Gasteiger partial charge is 0.411 e. The maximum absolute atomic E-state index is 14.2. The molecule has 0 bridgehead atoms. The second-order valence-electron chi connectivity index (χ2n) is 10.3. The third kappa shape index (κ3) is 7.45. The van der Waals surface area contributed by atoms with E-state index < -0.39 is 47.7 Å². The molecule has 42 heavy (non-hydrogen) atoms. The zero-order valence-electron chi connectivity index (χ0n) is 24.1. The Morgan fingerprint density at radius 2 is 1.67 bits per heavy atom. The molecule has 0 radical (unpaired) electrons. The van der Waals surface area contributed by atoms with Gasteiger partial charge in [0.2, 0.25) is 5.54 Å². The van der Waals surface area contributed by atoms with Crippen LogP contribution in [0.1, 0.15) is 36.7 Å². The minimum atomic E-state index is -2.50. The zero-order valence-corrected chi connectivity index (χ0v) is 24.1.